The normalized spacial score (nSPS) is 16.3. The molecule has 0 amide bonds. The van der Waals surface area contributed by atoms with Crippen molar-refractivity contribution in [1.82, 2.24) is 14.9 Å². The lowest BCUT2D eigenvalue weighted by molar-refractivity contribution is 0.257. The zero-order valence-electron chi connectivity index (χ0n) is 12.4. The number of nitrogens with zero attached hydrogens (tertiary/aromatic N) is 2. The average molecular weight is 287 g/mol. The van der Waals surface area contributed by atoms with Crippen molar-refractivity contribution >= 4 is 22.3 Å². The Morgan fingerprint density at radius 3 is 3.00 bits per heavy atom. The number of aromatic nitrogens is 2. The maximum absolute atomic E-state index is 11.7. The predicted octanol–water partition coefficient (Wildman–Crippen LogP) is 1.40. The van der Waals surface area contributed by atoms with Gasteiger partial charge in [-0.2, -0.15) is 0 Å². The van der Waals surface area contributed by atoms with E-state index < -0.39 is 0 Å². The fourth-order valence-electron chi connectivity index (χ4n) is 2.53. The molecule has 0 saturated heterocycles. The number of aromatic amines is 1. The van der Waals surface area contributed by atoms with Crippen molar-refractivity contribution < 1.29 is 0 Å². The van der Waals surface area contributed by atoms with Crippen LogP contribution in [0.1, 0.15) is 19.8 Å². The third-order valence-corrected chi connectivity index (χ3v) is 4.22. The highest BCUT2D eigenvalue weighted by Crippen LogP contribution is 2.27. The molecule has 6 heteroatoms. The molecule has 21 heavy (non-hydrogen) atoms. The number of hydrogen-bond acceptors (Lipinski definition) is 5. The Labute approximate surface area is 123 Å². The molecule has 1 aliphatic rings. The van der Waals surface area contributed by atoms with Crippen molar-refractivity contribution in [2.24, 2.45) is 0 Å². The van der Waals surface area contributed by atoms with Gasteiger partial charge in [-0.15, -0.1) is 0 Å². The van der Waals surface area contributed by atoms with Gasteiger partial charge in [0.15, 0.2) is 0 Å². The molecule has 1 aromatic heterocycles. The van der Waals surface area contributed by atoms with Crippen molar-refractivity contribution in [3.63, 3.8) is 0 Å². The van der Waals surface area contributed by atoms with Crippen molar-refractivity contribution in [3.05, 3.63) is 28.8 Å². The van der Waals surface area contributed by atoms with Crippen LogP contribution in [0.2, 0.25) is 0 Å². The fraction of sp³-hybridized carbons (Fsp3) is 0.467. The summed E-state index contributed by atoms with van der Waals surface area (Å²) >= 11 is 0. The molecule has 1 atom stereocenters. The monoisotopic (exact) mass is 287 g/mol. The molecule has 112 valence electrons. The van der Waals surface area contributed by atoms with E-state index in [4.69, 9.17) is 5.73 Å². The molecule has 6 nitrogen and oxygen atoms in total. The molecule has 3 rings (SSSR count). The number of benzene rings is 1. The van der Waals surface area contributed by atoms with Gasteiger partial charge in [0.25, 0.3) is 5.56 Å². The van der Waals surface area contributed by atoms with Gasteiger partial charge in [0.1, 0.15) is 0 Å². The van der Waals surface area contributed by atoms with Gasteiger partial charge in [-0.05, 0) is 38.9 Å². The van der Waals surface area contributed by atoms with Crippen LogP contribution in [0, 0.1) is 0 Å². The van der Waals surface area contributed by atoms with E-state index >= 15 is 0 Å². The van der Waals surface area contributed by atoms with E-state index in [2.05, 4.69) is 34.2 Å². The van der Waals surface area contributed by atoms with E-state index in [9.17, 15) is 4.79 Å². The molecule has 1 fully saturated rings. The Kier molecular flexibility index (Phi) is 3.55. The van der Waals surface area contributed by atoms with Crippen molar-refractivity contribution in [2.45, 2.75) is 31.8 Å². The first-order valence-corrected chi connectivity index (χ1v) is 7.29. The number of fused-ring (bicyclic) bond motifs is 1. The summed E-state index contributed by atoms with van der Waals surface area (Å²) in [6, 6.07) is 4.68. The molecule has 4 N–H and O–H groups in total. The van der Waals surface area contributed by atoms with Crippen LogP contribution >= 0.6 is 0 Å². The zero-order chi connectivity index (χ0) is 15.0. The van der Waals surface area contributed by atoms with Crippen LogP contribution in [0.4, 0.5) is 11.4 Å². The summed E-state index contributed by atoms with van der Waals surface area (Å²) in [5.41, 5.74) is 7.92. The number of nitrogen functional groups attached to an aromatic ring is 1. The van der Waals surface area contributed by atoms with Gasteiger partial charge in [-0.1, -0.05) is 0 Å². The Morgan fingerprint density at radius 1 is 1.52 bits per heavy atom. The molecule has 0 spiro atoms. The van der Waals surface area contributed by atoms with E-state index in [0.717, 1.165) is 18.3 Å². The number of H-pyrrole nitrogens is 1. The van der Waals surface area contributed by atoms with Crippen LogP contribution in [0.5, 0.6) is 0 Å². The maximum atomic E-state index is 11.7. The van der Waals surface area contributed by atoms with E-state index in [1.165, 1.54) is 19.2 Å². The highest BCUT2D eigenvalue weighted by atomic mass is 16.1. The van der Waals surface area contributed by atoms with Gasteiger partial charge in [-0.3, -0.25) is 9.69 Å². The largest absolute Gasteiger partial charge is 0.397 e. The van der Waals surface area contributed by atoms with E-state index in [1.807, 2.05) is 6.07 Å². The molecular weight excluding hydrogens is 266 g/mol. The maximum Gasteiger partial charge on any atom is 0.258 e. The Balaban J connectivity index is 1.77. The second-order valence-corrected chi connectivity index (χ2v) is 5.81. The van der Waals surface area contributed by atoms with E-state index in [0.29, 0.717) is 22.6 Å². The van der Waals surface area contributed by atoms with Crippen LogP contribution in [-0.2, 0) is 0 Å². The lowest BCUT2D eigenvalue weighted by Crippen LogP contribution is -2.36. The first kappa shape index (κ1) is 13.9. The molecule has 1 aromatic carbocycles. The van der Waals surface area contributed by atoms with Crippen LogP contribution < -0.4 is 16.6 Å². The number of likely N-dealkylation sites (N-methyl/N-ethyl adjacent to an activating group) is 1. The first-order valence-electron chi connectivity index (χ1n) is 7.29. The molecule has 1 unspecified atom stereocenters. The highest BCUT2D eigenvalue weighted by Gasteiger charge is 2.28. The second-order valence-electron chi connectivity index (χ2n) is 5.81. The minimum Gasteiger partial charge on any atom is -0.397 e. The number of nitrogens with one attached hydrogen (secondary N) is 2. The van der Waals surface area contributed by atoms with Crippen molar-refractivity contribution in [3.8, 4) is 0 Å². The zero-order valence-corrected chi connectivity index (χ0v) is 12.4. The summed E-state index contributed by atoms with van der Waals surface area (Å²) in [4.78, 5) is 20.8. The first-order chi connectivity index (χ1) is 10.1. The van der Waals surface area contributed by atoms with Crippen molar-refractivity contribution in [1.29, 1.82) is 0 Å². The number of nitrogens with two attached hydrogens (primary N) is 1. The summed E-state index contributed by atoms with van der Waals surface area (Å²) in [5.74, 6) is 0. The number of hydrogen-bond donors (Lipinski definition) is 3. The molecular formula is C15H21N5O. The molecule has 1 heterocycles. The third kappa shape index (κ3) is 2.85. The summed E-state index contributed by atoms with van der Waals surface area (Å²) < 4.78 is 0. The summed E-state index contributed by atoms with van der Waals surface area (Å²) in [5, 5.41) is 3.89. The molecule has 1 saturated carbocycles. The van der Waals surface area contributed by atoms with Crippen LogP contribution in [0.3, 0.4) is 0 Å². The molecule has 2 aromatic rings. The van der Waals surface area contributed by atoms with Crippen molar-refractivity contribution in [2.75, 3.05) is 24.6 Å². The van der Waals surface area contributed by atoms with E-state index in [-0.39, 0.29) is 5.56 Å². The Morgan fingerprint density at radius 2 is 2.29 bits per heavy atom. The summed E-state index contributed by atoms with van der Waals surface area (Å²) in [7, 11) is 2.16. The van der Waals surface area contributed by atoms with Gasteiger partial charge in [0, 0.05) is 18.6 Å². The Bertz CT molecular complexity index is 707. The molecule has 1 aliphatic carbocycles. The fourth-order valence-corrected chi connectivity index (χ4v) is 2.53. The Hall–Kier alpha value is -2.08. The van der Waals surface area contributed by atoms with Crippen LogP contribution in [0.25, 0.3) is 10.9 Å². The topological polar surface area (TPSA) is 87.0 Å². The lowest BCUT2D eigenvalue weighted by Gasteiger charge is -2.25. The number of anilines is 2. The third-order valence-electron chi connectivity index (χ3n) is 4.22. The van der Waals surface area contributed by atoms with Gasteiger partial charge >= 0.3 is 0 Å². The van der Waals surface area contributed by atoms with Gasteiger partial charge in [-0.25, -0.2) is 4.98 Å². The summed E-state index contributed by atoms with van der Waals surface area (Å²) in [6.07, 6.45) is 4.01. The molecule has 0 bridgehead atoms. The standard InChI is InChI=1S/C15H21N5O/c1-9(20(2)10-3-4-10)7-17-14-6-13-11(5-12(14)16)15(21)19-8-18-13/h5-6,8-10,17H,3-4,7,16H2,1-2H3,(H,18,19,21). The SMILES string of the molecule is CC(CNc1cc2nc[nH]c(=O)c2cc1N)N(C)C1CC1. The van der Waals surface area contributed by atoms with E-state index in [1.54, 1.807) is 6.07 Å². The van der Waals surface area contributed by atoms with Gasteiger partial charge in [0.05, 0.1) is 28.6 Å². The minimum absolute atomic E-state index is 0.167. The van der Waals surface area contributed by atoms with Crippen LogP contribution in [0.15, 0.2) is 23.3 Å². The molecule has 0 radical (unpaired) electrons. The predicted molar refractivity (Wildman–Crippen MR) is 85.5 cm³/mol. The second kappa shape index (κ2) is 5.37. The summed E-state index contributed by atoms with van der Waals surface area (Å²) in [6.45, 7) is 3.01. The van der Waals surface area contributed by atoms with Gasteiger partial charge < -0.3 is 16.0 Å². The molecule has 0 aliphatic heterocycles. The average Bonchev–Trinajstić information content (AvgIpc) is 3.29. The lowest BCUT2D eigenvalue weighted by atomic mass is 10.2. The van der Waals surface area contributed by atoms with Crippen LogP contribution in [-0.4, -0.2) is 40.5 Å². The number of rotatable bonds is 5. The minimum atomic E-state index is -0.167. The van der Waals surface area contributed by atoms with Gasteiger partial charge in [0.2, 0.25) is 0 Å². The highest BCUT2D eigenvalue weighted by molar-refractivity contribution is 5.88. The smallest absolute Gasteiger partial charge is 0.258 e. The quantitative estimate of drug-likeness (QED) is 0.724.